The number of benzene rings is 2. The number of aromatic nitrogens is 2. The van der Waals surface area contributed by atoms with E-state index in [1.165, 1.54) is 0 Å². The first kappa shape index (κ1) is 22.3. The van der Waals surface area contributed by atoms with E-state index in [-0.39, 0.29) is 17.8 Å². The number of aliphatic hydroxyl groups is 1. The van der Waals surface area contributed by atoms with Crippen LogP contribution in [0.3, 0.4) is 0 Å². The molecule has 0 bridgehead atoms. The van der Waals surface area contributed by atoms with E-state index < -0.39 is 10.6 Å². The Kier molecular flexibility index (Phi) is 5.89. The maximum atomic E-state index is 10.7. The highest BCUT2D eigenvalue weighted by molar-refractivity contribution is 8.24. The lowest BCUT2D eigenvalue weighted by Crippen LogP contribution is -2.52. The van der Waals surface area contributed by atoms with Gasteiger partial charge in [0, 0.05) is 37.0 Å². The highest BCUT2D eigenvalue weighted by Crippen LogP contribution is 2.51. The Morgan fingerprint density at radius 2 is 1.97 bits per heavy atom. The zero-order valence-electron chi connectivity index (χ0n) is 18.3. The molecule has 0 spiro atoms. The molecule has 0 amide bonds. The molecule has 1 fully saturated rings. The number of hydrogen-bond donors (Lipinski definition) is 5. The largest absolute Gasteiger partial charge is 0.392 e. The van der Waals surface area contributed by atoms with Crippen molar-refractivity contribution in [2.45, 2.75) is 18.0 Å². The van der Waals surface area contributed by atoms with Gasteiger partial charge in [0.1, 0.15) is 5.82 Å². The summed E-state index contributed by atoms with van der Waals surface area (Å²) in [6, 6.07) is 13.0. The third-order valence-corrected chi connectivity index (χ3v) is 8.28. The Morgan fingerprint density at radius 1 is 1.15 bits per heavy atom. The highest BCUT2D eigenvalue weighted by Gasteiger charge is 2.37. The van der Waals surface area contributed by atoms with Crippen molar-refractivity contribution in [1.29, 1.82) is 0 Å². The number of rotatable bonds is 6. The molecule has 2 aliphatic rings. The topological polar surface area (TPSA) is 137 Å². The lowest BCUT2D eigenvalue weighted by Gasteiger charge is -2.40. The van der Waals surface area contributed by atoms with Crippen LogP contribution in [0.25, 0.3) is 10.9 Å². The van der Waals surface area contributed by atoms with E-state index in [2.05, 4.69) is 5.32 Å². The quantitative estimate of drug-likeness (QED) is 0.367. The van der Waals surface area contributed by atoms with E-state index in [1.54, 1.807) is 6.07 Å². The molecule has 176 valence electrons. The van der Waals surface area contributed by atoms with Gasteiger partial charge in [-0.25, -0.2) is 4.98 Å². The summed E-state index contributed by atoms with van der Waals surface area (Å²) >= 11 is 0. The van der Waals surface area contributed by atoms with Crippen molar-refractivity contribution in [3.63, 3.8) is 0 Å². The van der Waals surface area contributed by atoms with Gasteiger partial charge in [-0.2, -0.15) is 15.6 Å². The molecular weight excluding hydrogens is 442 g/mol. The first-order valence-corrected chi connectivity index (χ1v) is 12.7. The molecule has 10 heteroatoms. The molecule has 3 aromatic rings. The van der Waals surface area contributed by atoms with Crippen LogP contribution in [0.4, 0.5) is 11.8 Å². The third kappa shape index (κ3) is 4.25. The number of nitrogens with two attached hydrogens (primary N) is 1. The summed E-state index contributed by atoms with van der Waals surface area (Å²) < 4.78 is 26.8. The van der Waals surface area contributed by atoms with Crippen molar-refractivity contribution >= 4 is 33.3 Å². The Bertz CT molecular complexity index is 1170. The maximum absolute atomic E-state index is 10.7. The van der Waals surface area contributed by atoms with Gasteiger partial charge in [-0.05, 0) is 29.3 Å². The molecular formula is C23H29N5O4S. The molecule has 1 saturated heterocycles. The molecule has 0 radical (unpaired) electrons. The molecule has 9 nitrogen and oxygen atoms in total. The zero-order chi connectivity index (χ0) is 23.1. The monoisotopic (exact) mass is 471 g/mol. The summed E-state index contributed by atoms with van der Waals surface area (Å²) in [5.41, 5.74) is 8.25. The van der Waals surface area contributed by atoms with Crippen molar-refractivity contribution in [3.05, 3.63) is 53.6 Å². The van der Waals surface area contributed by atoms with Gasteiger partial charge in [-0.15, -0.1) is 0 Å². The number of nitrogens with one attached hydrogen (secondary N) is 1. The number of hydrogen-bond acceptors (Lipinski definition) is 9. The molecule has 2 aromatic carbocycles. The van der Waals surface area contributed by atoms with E-state index in [9.17, 15) is 14.2 Å². The maximum Gasteiger partial charge on any atom is 0.228 e. The number of nitrogens with zero attached hydrogens (tertiary/aromatic N) is 3. The normalized spacial score (nSPS) is 19.9. The van der Waals surface area contributed by atoms with E-state index in [0.29, 0.717) is 56.1 Å². The van der Waals surface area contributed by atoms with Crippen LogP contribution in [0.1, 0.15) is 11.1 Å². The Morgan fingerprint density at radius 3 is 2.70 bits per heavy atom. The Labute approximate surface area is 194 Å². The standard InChI is InChI=1S/C23H29N5O4S/c24-12-23(14-32-15-23)13-25-21-18-9-16(11-29)5-6-19(18)26-22(27-21)28-7-8-33(30,31)20-4-2-1-3-17(20)10-28/h1-6,9,29-31H,7-8,10-15,24H2,(H,25,26,27). The molecule has 0 unspecified atom stereocenters. The fourth-order valence-electron chi connectivity index (χ4n) is 4.25. The van der Waals surface area contributed by atoms with Crippen molar-refractivity contribution in [3.8, 4) is 0 Å². The smallest absolute Gasteiger partial charge is 0.228 e. The predicted molar refractivity (Wildman–Crippen MR) is 130 cm³/mol. The van der Waals surface area contributed by atoms with Crippen LogP contribution >= 0.6 is 10.6 Å². The van der Waals surface area contributed by atoms with E-state index in [4.69, 9.17) is 20.4 Å². The van der Waals surface area contributed by atoms with Crippen LogP contribution in [-0.2, 0) is 17.9 Å². The van der Waals surface area contributed by atoms with Gasteiger partial charge in [-0.3, -0.25) is 9.11 Å². The minimum absolute atomic E-state index is 0.0710. The number of ether oxygens (including phenoxy) is 1. The van der Waals surface area contributed by atoms with Crippen LogP contribution in [0.5, 0.6) is 0 Å². The predicted octanol–water partition coefficient (Wildman–Crippen LogP) is 2.64. The van der Waals surface area contributed by atoms with Crippen LogP contribution in [0.15, 0.2) is 47.4 Å². The molecule has 2 aliphatic heterocycles. The second-order valence-electron chi connectivity index (χ2n) is 8.83. The molecule has 0 atom stereocenters. The van der Waals surface area contributed by atoms with Gasteiger partial charge < -0.3 is 25.8 Å². The van der Waals surface area contributed by atoms with Crippen molar-refractivity contribution in [2.75, 3.05) is 48.8 Å². The van der Waals surface area contributed by atoms with Gasteiger partial charge in [0.2, 0.25) is 5.95 Å². The van der Waals surface area contributed by atoms with Gasteiger partial charge >= 0.3 is 0 Å². The summed E-state index contributed by atoms with van der Waals surface area (Å²) in [6.45, 7) is 3.16. The SMILES string of the molecule is NCC1(CNc2nc(N3CCS(O)(O)c4ccccc4C3)nc3ccc(CO)cc23)COC1. The van der Waals surface area contributed by atoms with Crippen LogP contribution in [0, 0.1) is 5.41 Å². The number of anilines is 2. The van der Waals surface area contributed by atoms with Crippen molar-refractivity contribution in [2.24, 2.45) is 11.1 Å². The molecule has 1 aromatic heterocycles. The lowest BCUT2D eigenvalue weighted by molar-refractivity contribution is -0.0979. The van der Waals surface area contributed by atoms with E-state index >= 15 is 0 Å². The first-order valence-electron chi connectivity index (χ1n) is 11.0. The molecule has 0 saturated carbocycles. The fraction of sp³-hybridized carbons (Fsp3) is 0.391. The summed E-state index contributed by atoms with van der Waals surface area (Å²) in [4.78, 5) is 12.2. The van der Waals surface area contributed by atoms with E-state index in [1.807, 2.05) is 41.3 Å². The van der Waals surface area contributed by atoms with Crippen LogP contribution in [0.2, 0.25) is 0 Å². The third-order valence-electron chi connectivity index (χ3n) is 6.43. The number of aliphatic hydroxyl groups excluding tert-OH is 1. The van der Waals surface area contributed by atoms with Crippen molar-refractivity contribution in [1.82, 2.24) is 9.97 Å². The Hall–Kier alpha value is -2.47. The average molecular weight is 472 g/mol. The fourth-order valence-corrected chi connectivity index (χ4v) is 5.79. The number of fused-ring (bicyclic) bond motifs is 2. The van der Waals surface area contributed by atoms with Gasteiger partial charge in [-0.1, -0.05) is 24.3 Å². The van der Waals surface area contributed by atoms with Crippen LogP contribution in [-0.4, -0.2) is 62.8 Å². The average Bonchev–Trinajstić information content (AvgIpc) is 2.94. The Balaban J connectivity index is 1.53. The van der Waals surface area contributed by atoms with Gasteiger partial charge in [0.25, 0.3) is 0 Å². The van der Waals surface area contributed by atoms with Crippen LogP contribution < -0.4 is 16.0 Å². The highest BCUT2D eigenvalue weighted by atomic mass is 32.3. The second kappa shape index (κ2) is 8.71. The zero-order valence-corrected chi connectivity index (χ0v) is 19.1. The molecule has 0 aliphatic carbocycles. The molecule has 3 heterocycles. The molecule has 5 rings (SSSR count). The first-order chi connectivity index (χ1) is 15.9. The summed E-state index contributed by atoms with van der Waals surface area (Å²) in [7, 11) is -2.88. The minimum Gasteiger partial charge on any atom is -0.392 e. The van der Waals surface area contributed by atoms with Gasteiger partial charge in [0.15, 0.2) is 0 Å². The molecule has 33 heavy (non-hydrogen) atoms. The lowest BCUT2D eigenvalue weighted by atomic mass is 9.86. The van der Waals surface area contributed by atoms with Gasteiger partial charge in [0.05, 0.1) is 36.0 Å². The summed E-state index contributed by atoms with van der Waals surface area (Å²) in [5.74, 6) is 1.39. The summed E-state index contributed by atoms with van der Waals surface area (Å²) in [5, 5.41) is 13.9. The summed E-state index contributed by atoms with van der Waals surface area (Å²) in [6.07, 6.45) is 0. The van der Waals surface area contributed by atoms with Crippen molar-refractivity contribution < 1.29 is 18.9 Å². The minimum atomic E-state index is -2.88. The molecule has 6 N–H and O–H groups in total. The second-order valence-corrected chi connectivity index (χ2v) is 11.0. The van der Waals surface area contributed by atoms with E-state index in [0.717, 1.165) is 22.0 Å².